The normalized spacial score (nSPS) is 16.7. The van der Waals surface area contributed by atoms with E-state index in [1.807, 2.05) is 0 Å². The summed E-state index contributed by atoms with van der Waals surface area (Å²) < 4.78 is 40.3. The van der Waals surface area contributed by atoms with Crippen molar-refractivity contribution in [2.24, 2.45) is 10.7 Å². The molecular weight excluding hydrogens is 357 g/mol. The first kappa shape index (κ1) is 18.9. The molecule has 0 fully saturated rings. The number of aldehydes is 1. The second kappa shape index (κ2) is 7.40. The molecule has 0 radical (unpaired) electrons. The summed E-state index contributed by atoms with van der Waals surface area (Å²) in [4.78, 5) is 16.0. The van der Waals surface area contributed by atoms with Gasteiger partial charge in [-0.25, -0.2) is 0 Å². The SMILES string of the molecule is NC(C=O)(c1ccccc1)c1cc(NC2=NCCCN2)cc(C(F)(F)F)c1. The summed E-state index contributed by atoms with van der Waals surface area (Å²) in [5, 5.41) is 5.84. The van der Waals surface area contributed by atoms with Crippen LogP contribution in [0.3, 0.4) is 0 Å². The Morgan fingerprint density at radius 3 is 2.37 bits per heavy atom. The number of carbonyl (C=O) groups is 1. The van der Waals surface area contributed by atoms with E-state index in [2.05, 4.69) is 15.6 Å². The number of alkyl halides is 3. The zero-order chi connectivity index (χ0) is 19.5. The summed E-state index contributed by atoms with van der Waals surface area (Å²) in [6.07, 6.45) is -3.28. The smallest absolute Gasteiger partial charge is 0.356 e. The van der Waals surface area contributed by atoms with Crippen LogP contribution in [0.4, 0.5) is 18.9 Å². The number of nitrogens with two attached hydrogens (primary N) is 1. The summed E-state index contributed by atoms with van der Waals surface area (Å²) in [5.74, 6) is 0.389. The van der Waals surface area contributed by atoms with E-state index in [1.54, 1.807) is 30.3 Å². The molecule has 0 bridgehead atoms. The first-order chi connectivity index (χ1) is 12.8. The molecule has 0 saturated carbocycles. The fraction of sp³-hybridized carbons (Fsp3) is 0.263. The fourth-order valence-corrected chi connectivity index (χ4v) is 2.87. The molecule has 2 aromatic rings. The number of rotatable bonds is 4. The van der Waals surface area contributed by atoms with Crippen molar-refractivity contribution in [3.8, 4) is 0 Å². The number of guanidine groups is 1. The molecule has 4 N–H and O–H groups in total. The maximum absolute atomic E-state index is 13.4. The van der Waals surface area contributed by atoms with Gasteiger partial charge in [0.15, 0.2) is 5.96 Å². The summed E-state index contributed by atoms with van der Waals surface area (Å²) in [5.41, 5.74) is 4.23. The molecule has 0 aliphatic carbocycles. The Labute approximate surface area is 154 Å². The third kappa shape index (κ3) is 4.11. The lowest BCUT2D eigenvalue weighted by Gasteiger charge is -2.26. The molecule has 1 heterocycles. The van der Waals surface area contributed by atoms with E-state index >= 15 is 0 Å². The van der Waals surface area contributed by atoms with Crippen molar-refractivity contribution in [3.63, 3.8) is 0 Å². The molecule has 2 aromatic carbocycles. The highest BCUT2D eigenvalue weighted by atomic mass is 19.4. The van der Waals surface area contributed by atoms with Crippen molar-refractivity contribution in [2.45, 2.75) is 18.1 Å². The van der Waals surface area contributed by atoms with E-state index in [9.17, 15) is 18.0 Å². The van der Waals surface area contributed by atoms with Crippen LogP contribution in [0.1, 0.15) is 23.1 Å². The number of aliphatic imine (C=N–C) groups is 1. The number of carbonyl (C=O) groups excluding carboxylic acids is 1. The molecule has 5 nitrogen and oxygen atoms in total. The van der Waals surface area contributed by atoms with E-state index in [-0.39, 0.29) is 11.3 Å². The van der Waals surface area contributed by atoms with Gasteiger partial charge in [-0.1, -0.05) is 30.3 Å². The van der Waals surface area contributed by atoms with Crippen LogP contribution in [0.5, 0.6) is 0 Å². The van der Waals surface area contributed by atoms with E-state index in [0.29, 0.717) is 30.9 Å². The number of halogens is 3. The van der Waals surface area contributed by atoms with E-state index in [0.717, 1.165) is 18.6 Å². The van der Waals surface area contributed by atoms with Gasteiger partial charge in [-0.15, -0.1) is 0 Å². The second-order valence-electron chi connectivity index (χ2n) is 6.29. The Morgan fingerprint density at radius 1 is 1.07 bits per heavy atom. The van der Waals surface area contributed by atoms with Crippen LogP contribution in [0.2, 0.25) is 0 Å². The lowest BCUT2D eigenvalue weighted by Crippen LogP contribution is -2.40. The molecule has 0 spiro atoms. The molecule has 27 heavy (non-hydrogen) atoms. The first-order valence-electron chi connectivity index (χ1n) is 8.42. The Hall–Kier alpha value is -2.87. The maximum Gasteiger partial charge on any atom is 0.416 e. The Kier molecular flexibility index (Phi) is 5.18. The van der Waals surface area contributed by atoms with Gasteiger partial charge in [-0.2, -0.15) is 13.2 Å². The third-order valence-corrected chi connectivity index (χ3v) is 4.34. The summed E-state index contributed by atoms with van der Waals surface area (Å²) in [6.45, 7) is 1.26. The maximum atomic E-state index is 13.4. The number of benzene rings is 2. The average Bonchev–Trinajstić information content (AvgIpc) is 2.68. The van der Waals surface area contributed by atoms with Gasteiger partial charge in [0.05, 0.1) is 5.56 Å². The third-order valence-electron chi connectivity index (χ3n) is 4.34. The zero-order valence-corrected chi connectivity index (χ0v) is 14.4. The Bertz CT molecular complexity index is 852. The Morgan fingerprint density at radius 2 is 1.78 bits per heavy atom. The van der Waals surface area contributed by atoms with Crippen molar-refractivity contribution in [3.05, 3.63) is 65.2 Å². The molecule has 8 heteroatoms. The zero-order valence-electron chi connectivity index (χ0n) is 14.4. The van der Waals surface area contributed by atoms with E-state index in [1.165, 1.54) is 6.07 Å². The van der Waals surface area contributed by atoms with Gasteiger partial charge in [-0.3, -0.25) is 4.99 Å². The minimum absolute atomic E-state index is 0.0393. The van der Waals surface area contributed by atoms with E-state index < -0.39 is 17.3 Å². The molecule has 0 amide bonds. The van der Waals surface area contributed by atoms with Gasteiger partial charge < -0.3 is 21.2 Å². The monoisotopic (exact) mass is 376 g/mol. The number of hydrogen-bond acceptors (Lipinski definition) is 5. The van der Waals surface area contributed by atoms with Crippen LogP contribution >= 0.6 is 0 Å². The van der Waals surface area contributed by atoms with Gasteiger partial charge in [0.1, 0.15) is 11.8 Å². The van der Waals surface area contributed by atoms with Gasteiger partial charge >= 0.3 is 6.18 Å². The summed E-state index contributed by atoms with van der Waals surface area (Å²) in [7, 11) is 0. The quantitative estimate of drug-likeness (QED) is 0.717. The van der Waals surface area contributed by atoms with Crippen LogP contribution in [-0.4, -0.2) is 25.3 Å². The van der Waals surface area contributed by atoms with Gasteiger partial charge in [0.25, 0.3) is 0 Å². The molecule has 3 rings (SSSR count). The highest BCUT2D eigenvalue weighted by Crippen LogP contribution is 2.35. The highest BCUT2D eigenvalue weighted by molar-refractivity contribution is 5.94. The minimum Gasteiger partial charge on any atom is -0.356 e. The van der Waals surface area contributed by atoms with Crippen molar-refractivity contribution in [1.82, 2.24) is 5.32 Å². The number of nitrogens with zero attached hydrogens (tertiary/aromatic N) is 1. The lowest BCUT2D eigenvalue weighted by atomic mass is 9.84. The topological polar surface area (TPSA) is 79.5 Å². The number of anilines is 1. The Balaban J connectivity index is 2.09. The molecule has 1 aliphatic heterocycles. The molecular formula is C19H19F3N4O. The predicted octanol–water partition coefficient (Wildman–Crippen LogP) is 2.87. The van der Waals surface area contributed by atoms with Crippen molar-refractivity contribution in [2.75, 3.05) is 18.4 Å². The van der Waals surface area contributed by atoms with Crippen LogP contribution in [-0.2, 0) is 16.5 Å². The fourth-order valence-electron chi connectivity index (χ4n) is 2.87. The average molecular weight is 376 g/mol. The second-order valence-corrected chi connectivity index (χ2v) is 6.29. The van der Waals surface area contributed by atoms with Gasteiger partial charge in [-0.05, 0) is 35.7 Å². The first-order valence-corrected chi connectivity index (χ1v) is 8.42. The van der Waals surface area contributed by atoms with Gasteiger partial charge in [0.2, 0.25) is 0 Å². The lowest BCUT2D eigenvalue weighted by molar-refractivity contribution is -0.137. The highest BCUT2D eigenvalue weighted by Gasteiger charge is 2.35. The van der Waals surface area contributed by atoms with Gasteiger partial charge in [0, 0.05) is 18.8 Å². The molecule has 0 saturated heterocycles. The molecule has 1 aliphatic rings. The minimum atomic E-state index is -4.59. The van der Waals surface area contributed by atoms with Crippen molar-refractivity contribution in [1.29, 1.82) is 0 Å². The largest absolute Gasteiger partial charge is 0.416 e. The number of nitrogens with one attached hydrogen (secondary N) is 2. The summed E-state index contributed by atoms with van der Waals surface area (Å²) >= 11 is 0. The molecule has 0 aromatic heterocycles. The number of hydrogen-bond donors (Lipinski definition) is 3. The van der Waals surface area contributed by atoms with Crippen molar-refractivity contribution < 1.29 is 18.0 Å². The van der Waals surface area contributed by atoms with Crippen molar-refractivity contribution >= 4 is 17.9 Å². The summed E-state index contributed by atoms with van der Waals surface area (Å²) in [6, 6.07) is 11.6. The predicted molar refractivity (Wildman–Crippen MR) is 97.5 cm³/mol. The van der Waals surface area contributed by atoms with Crippen LogP contribution < -0.4 is 16.4 Å². The van der Waals surface area contributed by atoms with Crippen LogP contribution in [0.15, 0.2) is 53.5 Å². The molecule has 1 unspecified atom stereocenters. The molecule has 1 atom stereocenters. The van der Waals surface area contributed by atoms with Crippen LogP contribution in [0.25, 0.3) is 0 Å². The standard InChI is InChI=1S/C19H19F3N4O/c20-19(21,22)15-9-14(18(23,12-27)13-5-2-1-3-6-13)10-16(11-15)26-17-24-7-4-8-25-17/h1-3,5-6,9-12H,4,7-8,23H2,(H2,24,25,26). The van der Waals surface area contributed by atoms with Crippen LogP contribution in [0, 0.1) is 0 Å². The van der Waals surface area contributed by atoms with E-state index in [4.69, 9.17) is 5.73 Å². The molecule has 142 valence electrons.